The maximum Gasteiger partial charge on any atom is 0.159 e. The van der Waals surface area contributed by atoms with E-state index in [1.807, 2.05) is 18.2 Å². The van der Waals surface area contributed by atoms with E-state index in [9.17, 15) is 9.90 Å². The van der Waals surface area contributed by atoms with Crippen LogP contribution in [0.3, 0.4) is 0 Å². The maximum atomic E-state index is 11.7. The van der Waals surface area contributed by atoms with E-state index in [0.717, 1.165) is 25.9 Å². The van der Waals surface area contributed by atoms with Crippen molar-refractivity contribution in [1.82, 2.24) is 4.90 Å². The molecule has 1 saturated carbocycles. The second-order valence-electron chi connectivity index (χ2n) is 8.24. The number of carbonyl (C=O) groups is 1. The van der Waals surface area contributed by atoms with Crippen LogP contribution < -0.4 is 0 Å². The quantitative estimate of drug-likeness (QED) is 0.886. The Balaban J connectivity index is 1.76. The summed E-state index contributed by atoms with van der Waals surface area (Å²) in [6.45, 7) is 6.09. The first kappa shape index (κ1) is 17.4. The highest BCUT2D eigenvalue weighted by Gasteiger charge is 2.47. The number of fused-ring (bicyclic) bond motifs is 1. The van der Waals surface area contributed by atoms with Crippen molar-refractivity contribution in [3.05, 3.63) is 29.8 Å². The van der Waals surface area contributed by atoms with E-state index >= 15 is 0 Å². The van der Waals surface area contributed by atoms with Gasteiger partial charge < -0.3 is 5.11 Å². The van der Waals surface area contributed by atoms with Crippen LogP contribution in [0.2, 0.25) is 0 Å². The first-order valence-corrected chi connectivity index (χ1v) is 9.67. The highest BCUT2D eigenvalue weighted by molar-refractivity contribution is 6.11. The summed E-state index contributed by atoms with van der Waals surface area (Å²) in [5, 5.41) is 10.3. The molecule has 1 aliphatic carbocycles. The molecule has 2 heterocycles. The molecule has 1 N–H and O–H groups in total. The zero-order valence-electron chi connectivity index (χ0n) is 15.6. The van der Waals surface area contributed by atoms with Crippen molar-refractivity contribution in [3.8, 4) is 5.75 Å². The van der Waals surface area contributed by atoms with Crippen LogP contribution >= 0.6 is 0 Å². The Kier molecular flexibility index (Phi) is 4.43. The van der Waals surface area contributed by atoms with Crippen LogP contribution in [-0.2, 0) is 4.79 Å². The highest BCUT2D eigenvalue weighted by Crippen LogP contribution is 2.44. The molecule has 3 atom stereocenters. The molecule has 138 valence electrons. The van der Waals surface area contributed by atoms with Gasteiger partial charge in [0.25, 0.3) is 0 Å². The number of ketones is 1. The van der Waals surface area contributed by atoms with Gasteiger partial charge in [0.1, 0.15) is 17.7 Å². The van der Waals surface area contributed by atoms with Gasteiger partial charge in [-0.3, -0.25) is 9.69 Å². The number of phenols is 1. The number of carbonyl (C=O) groups excluding carboxylic acids is 1. The standard InChI is InChI=1S/C21H27N3O2/c1-14-7-10-21(2)18(13-14)22-19(16-5-3-4-6-17(16)26)23-20(21)24-11-8-15(25)9-12-24/h3-6,14,20,26H,7-13H2,1-2H3. The Morgan fingerprint density at radius 2 is 1.96 bits per heavy atom. The number of hydrogen-bond acceptors (Lipinski definition) is 5. The second-order valence-corrected chi connectivity index (χ2v) is 8.24. The van der Waals surface area contributed by atoms with E-state index in [0.29, 0.717) is 35.9 Å². The Morgan fingerprint density at radius 3 is 2.69 bits per heavy atom. The molecule has 0 bridgehead atoms. The normalized spacial score (nSPS) is 32.6. The van der Waals surface area contributed by atoms with E-state index in [2.05, 4.69) is 18.7 Å². The molecule has 5 heteroatoms. The number of nitrogens with zero attached hydrogens (tertiary/aromatic N) is 3. The van der Waals surface area contributed by atoms with E-state index in [1.54, 1.807) is 6.07 Å². The smallest absolute Gasteiger partial charge is 0.159 e. The van der Waals surface area contributed by atoms with Crippen LogP contribution in [0.15, 0.2) is 34.3 Å². The van der Waals surface area contributed by atoms with Gasteiger partial charge in [-0.2, -0.15) is 0 Å². The van der Waals surface area contributed by atoms with Crippen LogP contribution in [0.25, 0.3) is 0 Å². The SMILES string of the molecule is CC1CCC2(C)C(=NC(c3ccccc3O)=NC2N2CCC(=O)CC2)C1. The van der Waals surface area contributed by atoms with Gasteiger partial charge >= 0.3 is 0 Å². The lowest BCUT2D eigenvalue weighted by Crippen LogP contribution is -2.55. The minimum absolute atomic E-state index is 0.00907. The van der Waals surface area contributed by atoms with Gasteiger partial charge in [0.2, 0.25) is 0 Å². The molecule has 1 saturated heterocycles. The fourth-order valence-electron chi connectivity index (χ4n) is 4.52. The summed E-state index contributed by atoms with van der Waals surface area (Å²) in [5.74, 6) is 1.81. The molecule has 0 radical (unpaired) electrons. The van der Waals surface area contributed by atoms with Crippen molar-refractivity contribution in [2.24, 2.45) is 21.3 Å². The lowest BCUT2D eigenvalue weighted by molar-refractivity contribution is -0.122. The van der Waals surface area contributed by atoms with Crippen molar-refractivity contribution in [2.75, 3.05) is 13.1 Å². The number of phenolic OH excluding ortho intramolecular Hbond substituents is 1. The number of rotatable bonds is 2. The predicted octanol–water partition coefficient (Wildman–Crippen LogP) is 3.41. The van der Waals surface area contributed by atoms with Crippen LogP contribution in [0.1, 0.15) is 51.5 Å². The number of Topliss-reactive ketones (excluding diaryl/α,β-unsaturated/α-hetero) is 1. The molecule has 0 spiro atoms. The third kappa shape index (κ3) is 2.98. The third-order valence-electron chi connectivity index (χ3n) is 6.26. The number of hydrogen-bond donors (Lipinski definition) is 1. The summed E-state index contributed by atoms with van der Waals surface area (Å²) in [6, 6.07) is 7.29. The summed E-state index contributed by atoms with van der Waals surface area (Å²) in [4.78, 5) is 24.0. The molecule has 3 aliphatic rings. The van der Waals surface area contributed by atoms with Crippen molar-refractivity contribution >= 4 is 17.3 Å². The average Bonchev–Trinajstić information content (AvgIpc) is 2.63. The minimum Gasteiger partial charge on any atom is -0.507 e. The fraction of sp³-hybridized carbons (Fsp3) is 0.571. The molecule has 1 aromatic rings. The topological polar surface area (TPSA) is 65.3 Å². The second kappa shape index (κ2) is 6.62. The number of piperidine rings is 1. The van der Waals surface area contributed by atoms with Gasteiger partial charge in [0, 0.05) is 37.1 Å². The molecule has 0 aromatic heterocycles. The monoisotopic (exact) mass is 353 g/mol. The number of benzene rings is 1. The van der Waals surface area contributed by atoms with Crippen molar-refractivity contribution in [1.29, 1.82) is 0 Å². The Bertz CT molecular complexity index is 775. The summed E-state index contributed by atoms with van der Waals surface area (Å²) in [7, 11) is 0. The molecule has 3 unspecified atom stereocenters. The first-order valence-electron chi connectivity index (χ1n) is 9.67. The third-order valence-corrected chi connectivity index (χ3v) is 6.26. The summed E-state index contributed by atoms with van der Waals surface area (Å²) < 4.78 is 0. The molecule has 5 nitrogen and oxygen atoms in total. The molecule has 1 aromatic carbocycles. The van der Waals surface area contributed by atoms with Crippen molar-refractivity contribution in [2.45, 2.75) is 52.1 Å². The zero-order valence-corrected chi connectivity index (χ0v) is 15.6. The summed E-state index contributed by atoms with van der Waals surface area (Å²) in [6.07, 6.45) is 4.44. The molecule has 2 aliphatic heterocycles. The molecule has 4 rings (SSSR count). The summed E-state index contributed by atoms with van der Waals surface area (Å²) in [5.41, 5.74) is 1.81. The number of amidine groups is 1. The lowest BCUT2D eigenvalue weighted by Gasteiger charge is -2.48. The molecule has 2 fully saturated rings. The van der Waals surface area contributed by atoms with Gasteiger partial charge in [-0.25, -0.2) is 9.98 Å². The van der Waals surface area contributed by atoms with E-state index in [1.165, 1.54) is 12.1 Å². The Morgan fingerprint density at radius 1 is 1.23 bits per heavy atom. The van der Waals surface area contributed by atoms with Gasteiger partial charge in [-0.1, -0.05) is 26.0 Å². The average molecular weight is 353 g/mol. The predicted molar refractivity (Wildman–Crippen MR) is 103 cm³/mol. The van der Waals surface area contributed by atoms with E-state index in [4.69, 9.17) is 9.98 Å². The fourth-order valence-corrected chi connectivity index (χ4v) is 4.52. The van der Waals surface area contributed by atoms with E-state index in [-0.39, 0.29) is 17.3 Å². The zero-order chi connectivity index (χ0) is 18.3. The number of likely N-dealkylation sites (tertiary alicyclic amines) is 1. The lowest BCUT2D eigenvalue weighted by atomic mass is 9.67. The minimum atomic E-state index is -0.0825. The number of para-hydroxylation sites is 1. The van der Waals surface area contributed by atoms with Crippen LogP contribution in [0, 0.1) is 11.3 Å². The van der Waals surface area contributed by atoms with Crippen molar-refractivity contribution in [3.63, 3.8) is 0 Å². The largest absolute Gasteiger partial charge is 0.507 e. The highest BCUT2D eigenvalue weighted by atomic mass is 16.3. The Labute approximate surface area is 154 Å². The Hall–Kier alpha value is -2.01. The first-order chi connectivity index (χ1) is 12.5. The number of aromatic hydroxyl groups is 1. The van der Waals surface area contributed by atoms with Crippen LogP contribution in [-0.4, -0.2) is 46.6 Å². The van der Waals surface area contributed by atoms with Gasteiger partial charge in [-0.05, 0) is 37.3 Å². The molecular formula is C21H27N3O2. The van der Waals surface area contributed by atoms with Crippen molar-refractivity contribution < 1.29 is 9.90 Å². The van der Waals surface area contributed by atoms with Crippen LogP contribution in [0.4, 0.5) is 0 Å². The maximum absolute atomic E-state index is 11.7. The molecule has 26 heavy (non-hydrogen) atoms. The van der Waals surface area contributed by atoms with Gasteiger partial charge in [0.15, 0.2) is 5.84 Å². The van der Waals surface area contributed by atoms with Gasteiger partial charge in [0.05, 0.1) is 5.56 Å². The molecule has 0 amide bonds. The van der Waals surface area contributed by atoms with E-state index < -0.39 is 0 Å². The van der Waals surface area contributed by atoms with Gasteiger partial charge in [-0.15, -0.1) is 0 Å². The molecular weight excluding hydrogens is 326 g/mol. The summed E-state index contributed by atoms with van der Waals surface area (Å²) >= 11 is 0. The number of aliphatic imine (C=N–C) groups is 2. The van der Waals surface area contributed by atoms with Crippen LogP contribution in [0.5, 0.6) is 5.75 Å².